The predicted molar refractivity (Wildman–Crippen MR) is 121 cm³/mol. The van der Waals surface area contributed by atoms with Gasteiger partial charge in [-0.15, -0.1) is 0 Å². The van der Waals surface area contributed by atoms with Crippen LogP contribution < -0.4 is 10.3 Å². The number of benzene rings is 2. The fourth-order valence-electron chi connectivity index (χ4n) is 4.05. The molecular formula is C25H24F3N3O3. The van der Waals surface area contributed by atoms with Gasteiger partial charge >= 0.3 is 12.1 Å². The minimum atomic E-state index is -4.54. The number of piperidine rings is 1. The van der Waals surface area contributed by atoms with Crippen molar-refractivity contribution >= 4 is 11.7 Å². The van der Waals surface area contributed by atoms with Gasteiger partial charge in [-0.1, -0.05) is 24.3 Å². The molecule has 0 radical (unpaired) electrons. The van der Waals surface area contributed by atoms with Crippen molar-refractivity contribution in [1.29, 1.82) is 0 Å². The van der Waals surface area contributed by atoms with Crippen LogP contribution in [-0.4, -0.2) is 28.8 Å². The van der Waals surface area contributed by atoms with Crippen molar-refractivity contribution in [2.45, 2.75) is 39.0 Å². The number of rotatable bonds is 5. The predicted octanol–water partition coefficient (Wildman–Crippen LogP) is 4.91. The molecule has 178 valence electrons. The molecule has 1 saturated heterocycles. The number of alkyl halides is 3. The number of para-hydroxylation sites is 1. The van der Waals surface area contributed by atoms with E-state index < -0.39 is 28.8 Å². The number of nitrogens with zero attached hydrogens (tertiary/aromatic N) is 3. The van der Waals surface area contributed by atoms with E-state index in [4.69, 9.17) is 4.74 Å². The van der Waals surface area contributed by atoms with Gasteiger partial charge < -0.3 is 9.64 Å². The second-order valence-corrected chi connectivity index (χ2v) is 8.21. The molecule has 1 aromatic heterocycles. The lowest BCUT2D eigenvalue weighted by Gasteiger charge is -2.30. The van der Waals surface area contributed by atoms with Crippen LogP contribution in [-0.2, 0) is 17.5 Å². The quantitative estimate of drug-likeness (QED) is 0.495. The summed E-state index contributed by atoms with van der Waals surface area (Å²) in [4.78, 5) is 27.5. The summed E-state index contributed by atoms with van der Waals surface area (Å²) in [5, 5.41) is 4.04. The zero-order chi connectivity index (χ0) is 24.3. The number of carbonyl (C=O) groups is 1. The average molecular weight is 471 g/mol. The van der Waals surface area contributed by atoms with Gasteiger partial charge in [-0.2, -0.15) is 18.3 Å². The first kappa shape index (κ1) is 23.5. The Morgan fingerprint density at radius 3 is 2.50 bits per heavy atom. The Morgan fingerprint density at radius 1 is 1.03 bits per heavy atom. The van der Waals surface area contributed by atoms with E-state index in [1.807, 2.05) is 24.3 Å². The van der Waals surface area contributed by atoms with Gasteiger partial charge in [0.25, 0.3) is 0 Å². The molecule has 6 nitrogen and oxygen atoms in total. The van der Waals surface area contributed by atoms with Gasteiger partial charge in [0.2, 0.25) is 11.1 Å². The zero-order valence-electron chi connectivity index (χ0n) is 18.6. The molecular weight excluding hydrogens is 447 g/mol. The lowest BCUT2D eigenvalue weighted by molar-refractivity contribution is -0.137. The minimum absolute atomic E-state index is 0.0515. The fourth-order valence-corrected chi connectivity index (χ4v) is 4.05. The minimum Gasteiger partial charge on any atom is -0.456 e. The highest BCUT2D eigenvalue weighted by Gasteiger charge is 2.30. The van der Waals surface area contributed by atoms with Gasteiger partial charge in [-0.25, -0.2) is 9.48 Å². The third-order valence-corrected chi connectivity index (χ3v) is 5.77. The number of hydrogen-bond donors (Lipinski definition) is 0. The van der Waals surface area contributed by atoms with E-state index in [0.717, 1.165) is 60.1 Å². The van der Waals surface area contributed by atoms with Crippen LogP contribution >= 0.6 is 0 Å². The molecule has 0 N–H and O–H groups in total. The van der Waals surface area contributed by atoms with Crippen molar-refractivity contribution in [2.75, 3.05) is 18.0 Å². The molecule has 0 atom stereocenters. The molecule has 2 aromatic carbocycles. The van der Waals surface area contributed by atoms with Crippen molar-refractivity contribution < 1.29 is 22.7 Å². The Bertz CT molecular complexity index is 1250. The maximum absolute atomic E-state index is 13.1. The third-order valence-electron chi connectivity index (χ3n) is 5.77. The molecule has 0 spiro atoms. The second kappa shape index (κ2) is 9.70. The van der Waals surface area contributed by atoms with Gasteiger partial charge in [-0.05, 0) is 50.5 Å². The smallest absolute Gasteiger partial charge is 0.416 e. The molecule has 34 heavy (non-hydrogen) atoms. The van der Waals surface area contributed by atoms with E-state index in [-0.39, 0.29) is 18.0 Å². The zero-order valence-corrected chi connectivity index (χ0v) is 18.6. The van der Waals surface area contributed by atoms with Crippen molar-refractivity contribution in [1.82, 2.24) is 9.78 Å². The lowest BCUT2D eigenvalue weighted by atomic mass is 10.1. The monoisotopic (exact) mass is 471 g/mol. The number of aromatic nitrogens is 2. The van der Waals surface area contributed by atoms with Crippen LogP contribution in [0.5, 0.6) is 0 Å². The van der Waals surface area contributed by atoms with Crippen LogP contribution in [0.4, 0.5) is 18.9 Å². The SMILES string of the molecule is Cc1cc(=O)c(C(=O)OCc2ccccc2N2CCCCC2)nn1-c1cccc(C(F)(F)F)c1. The molecule has 3 aromatic rings. The second-order valence-electron chi connectivity index (χ2n) is 8.21. The van der Waals surface area contributed by atoms with E-state index in [0.29, 0.717) is 0 Å². The standard InChI is InChI=1S/C25H24F3N3O3/c1-17-14-22(32)23(29-31(17)20-10-7-9-19(15-20)25(26,27)28)24(33)34-16-18-8-3-4-11-21(18)30-12-5-2-6-13-30/h3-4,7-11,14-15H,2,5-6,12-13,16H2,1H3. The summed E-state index contributed by atoms with van der Waals surface area (Å²) in [5.41, 5.74) is 0.154. The summed E-state index contributed by atoms with van der Waals surface area (Å²) in [6.07, 6.45) is -1.16. The number of hydrogen-bond acceptors (Lipinski definition) is 5. The highest BCUT2D eigenvalue weighted by atomic mass is 19.4. The molecule has 2 heterocycles. The number of anilines is 1. The highest BCUT2D eigenvalue weighted by molar-refractivity contribution is 5.87. The molecule has 0 unspecified atom stereocenters. The Labute approximate surface area is 194 Å². The first-order chi connectivity index (χ1) is 16.2. The number of ether oxygens (including phenoxy) is 1. The van der Waals surface area contributed by atoms with E-state index in [9.17, 15) is 22.8 Å². The number of esters is 1. The topological polar surface area (TPSA) is 64.4 Å². The summed E-state index contributed by atoms with van der Waals surface area (Å²) in [5.74, 6) is -0.931. The molecule has 1 fully saturated rings. The van der Waals surface area contributed by atoms with Crippen LogP contribution in [0.2, 0.25) is 0 Å². The summed E-state index contributed by atoms with van der Waals surface area (Å²) in [6, 6.07) is 13.3. The van der Waals surface area contributed by atoms with Crippen molar-refractivity contribution in [3.8, 4) is 5.69 Å². The first-order valence-electron chi connectivity index (χ1n) is 11.0. The number of halogens is 3. The Balaban J connectivity index is 1.58. The molecule has 0 amide bonds. The average Bonchev–Trinajstić information content (AvgIpc) is 2.83. The van der Waals surface area contributed by atoms with Gasteiger partial charge in [0.15, 0.2) is 0 Å². The van der Waals surface area contributed by atoms with E-state index in [1.165, 1.54) is 25.5 Å². The Morgan fingerprint density at radius 2 is 1.76 bits per heavy atom. The van der Waals surface area contributed by atoms with Crippen molar-refractivity contribution in [2.24, 2.45) is 0 Å². The van der Waals surface area contributed by atoms with Crippen LogP contribution in [0.15, 0.2) is 59.4 Å². The maximum atomic E-state index is 13.1. The summed E-state index contributed by atoms with van der Waals surface area (Å²) in [6.45, 7) is 3.32. The van der Waals surface area contributed by atoms with Crippen LogP contribution in [0.25, 0.3) is 5.69 Å². The number of carbonyl (C=O) groups excluding carboxylic acids is 1. The van der Waals surface area contributed by atoms with Gasteiger partial charge in [0.1, 0.15) is 6.61 Å². The Hall–Kier alpha value is -3.62. The van der Waals surface area contributed by atoms with Crippen LogP contribution in [0, 0.1) is 6.92 Å². The van der Waals surface area contributed by atoms with Crippen molar-refractivity contribution in [3.05, 3.63) is 87.3 Å². The summed E-state index contributed by atoms with van der Waals surface area (Å²) in [7, 11) is 0. The van der Waals surface area contributed by atoms with Crippen molar-refractivity contribution in [3.63, 3.8) is 0 Å². The van der Waals surface area contributed by atoms with E-state index in [1.54, 1.807) is 0 Å². The normalized spacial score (nSPS) is 14.2. The molecule has 0 saturated carbocycles. The molecule has 9 heteroatoms. The van der Waals surface area contributed by atoms with Gasteiger partial charge in [-0.3, -0.25) is 4.79 Å². The Kier molecular flexibility index (Phi) is 6.72. The molecule has 1 aliphatic rings. The highest BCUT2D eigenvalue weighted by Crippen LogP contribution is 2.30. The first-order valence-corrected chi connectivity index (χ1v) is 11.0. The van der Waals surface area contributed by atoms with E-state index in [2.05, 4.69) is 10.00 Å². The lowest BCUT2D eigenvalue weighted by Crippen LogP contribution is -2.30. The summed E-state index contributed by atoms with van der Waals surface area (Å²) >= 11 is 0. The maximum Gasteiger partial charge on any atom is 0.416 e. The third kappa shape index (κ3) is 5.13. The summed E-state index contributed by atoms with van der Waals surface area (Å²) < 4.78 is 45.9. The largest absolute Gasteiger partial charge is 0.456 e. The molecule has 1 aliphatic heterocycles. The van der Waals surface area contributed by atoms with Gasteiger partial charge in [0.05, 0.1) is 11.3 Å². The molecule has 0 aliphatic carbocycles. The molecule has 4 rings (SSSR count). The number of aryl methyl sites for hydroxylation is 1. The van der Waals surface area contributed by atoms with Crippen LogP contribution in [0.1, 0.15) is 46.6 Å². The van der Waals surface area contributed by atoms with Gasteiger partial charge in [0, 0.05) is 36.1 Å². The fraction of sp³-hybridized carbons (Fsp3) is 0.320. The van der Waals surface area contributed by atoms with Crippen LogP contribution in [0.3, 0.4) is 0 Å². The molecule has 0 bridgehead atoms. The van der Waals surface area contributed by atoms with E-state index >= 15 is 0 Å².